The van der Waals surface area contributed by atoms with Crippen LogP contribution in [-0.4, -0.2) is 33.5 Å². The van der Waals surface area contributed by atoms with Crippen molar-refractivity contribution in [1.29, 1.82) is 0 Å². The number of hydrogen-bond acceptors (Lipinski definition) is 6. The fourth-order valence-electron chi connectivity index (χ4n) is 2.65. The number of hydrogen-bond donors (Lipinski definition) is 3. The molecule has 0 saturated heterocycles. The maximum Gasteiger partial charge on any atom is 0.303 e. The molecule has 0 spiro atoms. The summed E-state index contributed by atoms with van der Waals surface area (Å²) in [6, 6.07) is 9.22. The van der Waals surface area contributed by atoms with Crippen LogP contribution in [-0.2, 0) is 11.3 Å². The SMILES string of the molecule is Cc1cc2c(NCc3ccc(C(=O)NCCCC(=O)O)cc3)nc(Cl)nc2s1. The Morgan fingerprint density at radius 2 is 1.96 bits per heavy atom. The Hall–Kier alpha value is -2.71. The van der Waals surface area contributed by atoms with Crippen LogP contribution in [0.25, 0.3) is 10.2 Å². The Morgan fingerprint density at radius 1 is 1.21 bits per heavy atom. The molecule has 0 aliphatic carbocycles. The second-order valence-electron chi connectivity index (χ2n) is 6.22. The van der Waals surface area contributed by atoms with Crippen LogP contribution in [0.4, 0.5) is 5.82 Å². The van der Waals surface area contributed by atoms with E-state index in [1.165, 1.54) is 0 Å². The van der Waals surface area contributed by atoms with Gasteiger partial charge < -0.3 is 15.7 Å². The summed E-state index contributed by atoms with van der Waals surface area (Å²) in [4.78, 5) is 33.0. The van der Waals surface area contributed by atoms with E-state index in [9.17, 15) is 9.59 Å². The molecule has 0 aliphatic rings. The number of carboxylic acid groups (broad SMARTS) is 1. The van der Waals surface area contributed by atoms with Crippen molar-refractivity contribution in [3.63, 3.8) is 0 Å². The first-order valence-electron chi connectivity index (χ1n) is 8.69. The summed E-state index contributed by atoms with van der Waals surface area (Å²) < 4.78 is 0. The van der Waals surface area contributed by atoms with Crippen molar-refractivity contribution < 1.29 is 14.7 Å². The van der Waals surface area contributed by atoms with Crippen LogP contribution in [0, 0.1) is 6.92 Å². The first kappa shape index (κ1) is 20.0. The molecule has 3 aromatic rings. The lowest BCUT2D eigenvalue weighted by molar-refractivity contribution is -0.137. The van der Waals surface area contributed by atoms with E-state index in [4.69, 9.17) is 16.7 Å². The number of nitrogens with one attached hydrogen (secondary N) is 2. The second-order valence-corrected chi connectivity index (χ2v) is 7.79. The normalized spacial score (nSPS) is 10.8. The number of benzene rings is 1. The van der Waals surface area contributed by atoms with E-state index >= 15 is 0 Å². The summed E-state index contributed by atoms with van der Waals surface area (Å²) in [5, 5.41) is 15.7. The van der Waals surface area contributed by atoms with E-state index in [-0.39, 0.29) is 17.6 Å². The number of fused-ring (bicyclic) bond motifs is 1. The number of rotatable bonds is 8. The molecule has 0 saturated carbocycles. The number of thiophene rings is 1. The number of aromatic nitrogens is 2. The van der Waals surface area contributed by atoms with E-state index < -0.39 is 5.97 Å². The van der Waals surface area contributed by atoms with Gasteiger partial charge in [0.1, 0.15) is 10.6 Å². The van der Waals surface area contributed by atoms with Crippen molar-refractivity contribution in [2.75, 3.05) is 11.9 Å². The molecule has 0 unspecified atom stereocenters. The molecule has 3 rings (SSSR count). The molecule has 0 fully saturated rings. The molecule has 2 aromatic heterocycles. The summed E-state index contributed by atoms with van der Waals surface area (Å²) in [5.41, 5.74) is 1.51. The van der Waals surface area contributed by atoms with E-state index in [2.05, 4.69) is 20.6 Å². The van der Waals surface area contributed by atoms with Crippen molar-refractivity contribution in [3.05, 3.63) is 51.6 Å². The molecule has 0 atom stereocenters. The minimum absolute atomic E-state index is 0.0366. The Kier molecular flexibility index (Phi) is 6.43. The largest absolute Gasteiger partial charge is 0.481 e. The van der Waals surface area contributed by atoms with Gasteiger partial charge in [0.2, 0.25) is 5.28 Å². The zero-order valence-corrected chi connectivity index (χ0v) is 16.7. The summed E-state index contributed by atoms with van der Waals surface area (Å²) in [6.07, 6.45) is 0.440. The van der Waals surface area contributed by atoms with Crippen molar-refractivity contribution in [1.82, 2.24) is 15.3 Å². The van der Waals surface area contributed by atoms with Crippen LogP contribution in [0.2, 0.25) is 5.28 Å². The minimum atomic E-state index is -0.869. The molecule has 7 nitrogen and oxygen atoms in total. The third-order valence-electron chi connectivity index (χ3n) is 4.02. The van der Waals surface area contributed by atoms with E-state index in [1.807, 2.05) is 25.1 Å². The highest BCUT2D eigenvalue weighted by atomic mass is 35.5. The Bertz CT molecular complexity index is 1000. The first-order chi connectivity index (χ1) is 13.4. The molecule has 3 N–H and O–H groups in total. The van der Waals surface area contributed by atoms with Gasteiger partial charge >= 0.3 is 5.97 Å². The second kappa shape index (κ2) is 8.99. The fourth-order valence-corrected chi connectivity index (χ4v) is 3.75. The molecule has 2 heterocycles. The summed E-state index contributed by atoms with van der Waals surface area (Å²) >= 11 is 7.57. The van der Waals surface area contributed by atoms with Crippen LogP contribution in [0.15, 0.2) is 30.3 Å². The number of aryl methyl sites for hydroxylation is 1. The highest BCUT2D eigenvalue weighted by Crippen LogP contribution is 2.29. The van der Waals surface area contributed by atoms with Gasteiger partial charge in [-0.25, -0.2) is 9.97 Å². The number of nitrogens with zero attached hydrogens (tertiary/aromatic N) is 2. The third kappa shape index (κ3) is 5.17. The van der Waals surface area contributed by atoms with Gasteiger partial charge in [-0.15, -0.1) is 11.3 Å². The molecule has 0 radical (unpaired) electrons. The van der Waals surface area contributed by atoms with E-state index in [0.717, 1.165) is 20.7 Å². The van der Waals surface area contributed by atoms with Gasteiger partial charge in [-0.05, 0) is 48.7 Å². The summed E-state index contributed by atoms with van der Waals surface area (Å²) in [5.74, 6) is -0.409. The molecular formula is C19H19ClN4O3S. The predicted octanol–water partition coefficient (Wildman–Crippen LogP) is 3.86. The van der Waals surface area contributed by atoms with Crippen LogP contribution < -0.4 is 10.6 Å². The monoisotopic (exact) mass is 418 g/mol. The lowest BCUT2D eigenvalue weighted by atomic mass is 10.1. The zero-order chi connectivity index (χ0) is 20.1. The molecule has 9 heteroatoms. The topological polar surface area (TPSA) is 104 Å². The number of carbonyl (C=O) groups excluding carboxylic acids is 1. The van der Waals surface area contributed by atoms with E-state index in [1.54, 1.807) is 23.5 Å². The van der Waals surface area contributed by atoms with Gasteiger partial charge in [-0.3, -0.25) is 9.59 Å². The van der Waals surface area contributed by atoms with Gasteiger partial charge in [-0.2, -0.15) is 0 Å². The molecule has 146 valence electrons. The summed E-state index contributed by atoms with van der Waals surface area (Å²) in [6.45, 7) is 2.87. The molecule has 1 aromatic carbocycles. The number of halogens is 1. The highest BCUT2D eigenvalue weighted by Gasteiger charge is 2.10. The van der Waals surface area contributed by atoms with Gasteiger partial charge in [0.25, 0.3) is 5.91 Å². The standard InChI is InChI=1S/C19H19ClN4O3S/c1-11-9-14-16(23-19(20)24-18(14)28-11)22-10-12-4-6-13(7-5-12)17(27)21-8-2-3-15(25)26/h4-7,9H,2-3,8,10H2,1H3,(H,21,27)(H,25,26)(H,22,23,24). The molecule has 0 bridgehead atoms. The number of carboxylic acids is 1. The third-order valence-corrected chi connectivity index (χ3v) is 5.13. The Balaban J connectivity index is 1.59. The van der Waals surface area contributed by atoms with Gasteiger partial charge in [0.05, 0.1) is 5.39 Å². The minimum Gasteiger partial charge on any atom is -0.481 e. The first-order valence-corrected chi connectivity index (χ1v) is 9.88. The van der Waals surface area contributed by atoms with Gasteiger partial charge in [0, 0.05) is 30.0 Å². The lowest BCUT2D eigenvalue weighted by Crippen LogP contribution is -2.24. The molecule has 1 amide bonds. The van der Waals surface area contributed by atoms with Crippen molar-refractivity contribution in [2.24, 2.45) is 0 Å². The van der Waals surface area contributed by atoms with Crippen molar-refractivity contribution >= 4 is 50.8 Å². The smallest absolute Gasteiger partial charge is 0.303 e. The number of carbonyl (C=O) groups is 2. The molecule has 0 aliphatic heterocycles. The lowest BCUT2D eigenvalue weighted by Gasteiger charge is -2.08. The van der Waals surface area contributed by atoms with Crippen molar-refractivity contribution in [2.45, 2.75) is 26.3 Å². The fraction of sp³-hybridized carbons (Fsp3) is 0.263. The molecule has 28 heavy (non-hydrogen) atoms. The van der Waals surface area contributed by atoms with Crippen LogP contribution >= 0.6 is 22.9 Å². The number of anilines is 1. The van der Waals surface area contributed by atoms with Gasteiger partial charge in [-0.1, -0.05) is 12.1 Å². The Labute approximate surface area is 170 Å². The van der Waals surface area contributed by atoms with Crippen LogP contribution in [0.3, 0.4) is 0 Å². The van der Waals surface area contributed by atoms with Gasteiger partial charge in [0.15, 0.2) is 0 Å². The zero-order valence-electron chi connectivity index (χ0n) is 15.2. The molecular weight excluding hydrogens is 400 g/mol. The maximum atomic E-state index is 12.1. The Morgan fingerprint density at radius 3 is 2.68 bits per heavy atom. The summed E-state index contributed by atoms with van der Waals surface area (Å²) in [7, 11) is 0. The highest BCUT2D eigenvalue weighted by molar-refractivity contribution is 7.18. The predicted molar refractivity (Wildman–Crippen MR) is 110 cm³/mol. The number of aliphatic carboxylic acids is 1. The quantitative estimate of drug-likeness (QED) is 0.379. The maximum absolute atomic E-state index is 12.1. The van der Waals surface area contributed by atoms with Crippen molar-refractivity contribution in [3.8, 4) is 0 Å². The average Bonchev–Trinajstić information content (AvgIpc) is 3.03. The number of amides is 1. The van der Waals surface area contributed by atoms with Crippen LogP contribution in [0.1, 0.15) is 33.6 Å². The van der Waals surface area contributed by atoms with E-state index in [0.29, 0.717) is 30.9 Å². The average molecular weight is 419 g/mol. The van der Waals surface area contributed by atoms with Crippen LogP contribution in [0.5, 0.6) is 0 Å².